The van der Waals surface area contributed by atoms with Crippen molar-refractivity contribution >= 4 is 34.9 Å². The molecule has 3 nitrogen and oxygen atoms in total. The molecule has 0 spiro atoms. The molecule has 0 bridgehead atoms. The fraction of sp³-hybridized carbons (Fsp3) is 0.364. The first kappa shape index (κ1) is 11.6. The van der Waals surface area contributed by atoms with Crippen LogP contribution >= 0.6 is 23.8 Å². The summed E-state index contributed by atoms with van der Waals surface area (Å²) in [5, 5.41) is 0.710. The largest absolute Gasteiger partial charge is 0.380 e. The molecule has 0 amide bonds. The topological polar surface area (TPSA) is 29.9 Å². The lowest BCUT2D eigenvalue weighted by Gasteiger charge is -2.05. The lowest BCUT2D eigenvalue weighted by molar-refractivity contribution is 0.139. The van der Waals surface area contributed by atoms with Crippen LogP contribution in [0.2, 0.25) is 5.02 Å². The number of fused-ring (bicyclic) bond motifs is 1. The second kappa shape index (κ2) is 4.99. The van der Waals surface area contributed by atoms with E-state index in [0.29, 0.717) is 23.0 Å². The molecule has 0 saturated heterocycles. The third kappa shape index (κ3) is 2.14. The monoisotopic (exact) mass is 256 g/mol. The molecule has 0 fully saturated rings. The maximum atomic E-state index is 6.16. The summed E-state index contributed by atoms with van der Waals surface area (Å²) in [6.45, 7) is 4.05. The zero-order chi connectivity index (χ0) is 11.5. The highest BCUT2D eigenvalue weighted by Gasteiger charge is 2.07. The first-order chi connectivity index (χ1) is 7.74. The number of halogens is 1. The molecule has 0 aliphatic carbocycles. The van der Waals surface area contributed by atoms with Crippen LogP contribution in [0.4, 0.5) is 0 Å². The Kier molecular flexibility index (Phi) is 3.63. The minimum Gasteiger partial charge on any atom is -0.380 e. The summed E-state index contributed by atoms with van der Waals surface area (Å²) in [5.41, 5.74) is 1.92. The number of nitrogens with one attached hydrogen (secondary N) is 1. The molecule has 1 aromatic heterocycles. The van der Waals surface area contributed by atoms with Crippen molar-refractivity contribution < 1.29 is 4.74 Å². The summed E-state index contributed by atoms with van der Waals surface area (Å²) in [6, 6.07) is 5.74. The van der Waals surface area contributed by atoms with Crippen molar-refractivity contribution in [2.75, 3.05) is 13.2 Å². The summed E-state index contributed by atoms with van der Waals surface area (Å²) >= 11 is 11.4. The SMILES string of the molecule is CCOCCn1c(=S)[nH]c2cccc(Cl)c21. The second-order valence-electron chi connectivity index (χ2n) is 3.41. The van der Waals surface area contributed by atoms with Crippen molar-refractivity contribution in [1.82, 2.24) is 9.55 Å². The van der Waals surface area contributed by atoms with Gasteiger partial charge in [0.2, 0.25) is 0 Å². The molecule has 0 unspecified atom stereocenters. The number of aromatic nitrogens is 2. The van der Waals surface area contributed by atoms with Crippen LogP contribution in [0.25, 0.3) is 11.0 Å². The van der Waals surface area contributed by atoms with Crippen LogP contribution in [0.3, 0.4) is 0 Å². The number of rotatable bonds is 4. The summed E-state index contributed by atoms with van der Waals surface area (Å²) in [6.07, 6.45) is 0. The Labute approximate surface area is 104 Å². The Morgan fingerprint density at radius 2 is 2.31 bits per heavy atom. The molecule has 1 heterocycles. The van der Waals surface area contributed by atoms with Crippen molar-refractivity contribution in [3.8, 4) is 0 Å². The average molecular weight is 257 g/mol. The van der Waals surface area contributed by atoms with E-state index in [1.54, 1.807) is 0 Å². The van der Waals surface area contributed by atoms with Gasteiger partial charge in [0.25, 0.3) is 0 Å². The maximum absolute atomic E-state index is 6.16. The number of hydrogen-bond acceptors (Lipinski definition) is 2. The first-order valence-electron chi connectivity index (χ1n) is 5.19. The molecule has 0 aliphatic heterocycles. The van der Waals surface area contributed by atoms with Gasteiger partial charge in [0.05, 0.1) is 22.7 Å². The summed E-state index contributed by atoms with van der Waals surface area (Å²) in [4.78, 5) is 3.13. The van der Waals surface area contributed by atoms with Gasteiger partial charge in [0.1, 0.15) is 0 Å². The summed E-state index contributed by atoms with van der Waals surface area (Å²) in [7, 11) is 0. The van der Waals surface area contributed by atoms with Crippen LogP contribution in [0, 0.1) is 4.77 Å². The Bertz CT molecular complexity index is 546. The standard InChI is InChI=1S/C11H13ClN2OS/c1-2-15-7-6-14-10-8(12)4-3-5-9(10)13-11(14)16/h3-5H,2,6-7H2,1H3,(H,13,16). The Morgan fingerprint density at radius 3 is 3.06 bits per heavy atom. The van der Waals surface area contributed by atoms with E-state index in [0.717, 1.165) is 17.6 Å². The summed E-state index contributed by atoms with van der Waals surface area (Å²) in [5.74, 6) is 0. The lowest BCUT2D eigenvalue weighted by Crippen LogP contribution is -2.05. The van der Waals surface area contributed by atoms with Gasteiger partial charge in [-0.15, -0.1) is 0 Å². The average Bonchev–Trinajstić information content (AvgIpc) is 2.57. The van der Waals surface area contributed by atoms with Crippen LogP contribution in [-0.4, -0.2) is 22.8 Å². The van der Waals surface area contributed by atoms with Gasteiger partial charge in [-0.25, -0.2) is 0 Å². The van der Waals surface area contributed by atoms with E-state index in [1.165, 1.54) is 0 Å². The van der Waals surface area contributed by atoms with Crippen molar-refractivity contribution in [3.63, 3.8) is 0 Å². The van der Waals surface area contributed by atoms with E-state index in [1.807, 2.05) is 29.7 Å². The van der Waals surface area contributed by atoms with Crippen molar-refractivity contribution in [3.05, 3.63) is 28.0 Å². The van der Waals surface area contributed by atoms with Gasteiger partial charge in [-0.3, -0.25) is 0 Å². The van der Waals surface area contributed by atoms with Crippen molar-refractivity contribution in [2.45, 2.75) is 13.5 Å². The second-order valence-corrected chi connectivity index (χ2v) is 4.21. The van der Waals surface area contributed by atoms with E-state index in [2.05, 4.69) is 4.98 Å². The predicted octanol–water partition coefficient (Wildman–Crippen LogP) is 3.39. The molecular formula is C11H13ClN2OS. The van der Waals surface area contributed by atoms with Gasteiger partial charge in [-0.2, -0.15) is 0 Å². The maximum Gasteiger partial charge on any atom is 0.178 e. The zero-order valence-corrected chi connectivity index (χ0v) is 10.6. The molecule has 0 radical (unpaired) electrons. The lowest BCUT2D eigenvalue weighted by atomic mass is 10.3. The van der Waals surface area contributed by atoms with E-state index in [9.17, 15) is 0 Å². The number of aromatic amines is 1. The summed E-state index contributed by atoms with van der Waals surface area (Å²) < 4.78 is 7.98. The van der Waals surface area contributed by atoms with Crippen LogP contribution < -0.4 is 0 Å². The molecule has 2 rings (SSSR count). The van der Waals surface area contributed by atoms with Gasteiger partial charge in [0, 0.05) is 13.2 Å². The highest BCUT2D eigenvalue weighted by molar-refractivity contribution is 7.71. The van der Waals surface area contributed by atoms with Crippen LogP contribution in [0.15, 0.2) is 18.2 Å². The van der Waals surface area contributed by atoms with E-state index in [4.69, 9.17) is 28.6 Å². The molecule has 0 atom stereocenters. The van der Waals surface area contributed by atoms with Crippen molar-refractivity contribution in [2.24, 2.45) is 0 Å². The highest BCUT2D eigenvalue weighted by Crippen LogP contribution is 2.23. The molecule has 1 aromatic carbocycles. The van der Waals surface area contributed by atoms with Crippen molar-refractivity contribution in [1.29, 1.82) is 0 Å². The molecule has 1 N–H and O–H groups in total. The normalized spacial score (nSPS) is 11.1. The third-order valence-electron chi connectivity index (χ3n) is 2.41. The molecular weight excluding hydrogens is 244 g/mol. The molecule has 2 aromatic rings. The van der Waals surface area contributed by atoms with E-state index < -0.39 is 0 Å². The zero-order valence-electron chi connectivity index (χ0n) is 9.00. The van der Waals surface area contributed by atoms with Gasteiger partial charge >= 0.3 is 0 Å². The fourth-order valence-electron chi connectivity index (χ4n) is 1.69. The van der Waals surface area contributed by atoms with Gasteiger partial charge in [-0.1, -0.05) is 17.7 Å². The smallest absolute Gasteiger partial charge is 0.178 e. The number of ether oxygens (including phenoxy) is 1. The molecule has 0 saturated carbocycles. The number of imidazole rings is 1. The van der Waals surface area contributed by atoms with E-state index in [-0.39, 0.29) is 0 Å². The minimum atomic E-state index is 0.642. The minimum absolute atomic E-state index is 0.642. The van der Waals surface area contributed by atoms with Crippen LogP contribution in [0.5, 0.6) is 0 Å². The van der Waals surface area contributed by atoms with Gasteiger partial charge < -0.3 is 14.3 Å². The number of benzene rings is 1. The Balaban J connectivity index is 2.43. The molecule has 0 aliphatic rings. The van der Waals surface area contributed by atoms with Gasteiger partial charge in [0.15, 0.2) is 4.77 Å². The molecule has 5 heteroatoms. The van der Waals surface area contributed by atoms with Crippen LogP contribution in [-0.2, 0) is 11.3 Å². The quantitative estimate of drug-likeness (QED) is 0.671. The van der Waals surface area contributed by atoms with E-state index >= 15 is 0 Å². The number of nitrogens with zero attached hydrogens (tertiary/aromatic N) is 1. The first-order valence-corrected chi connectivity index (χ1v) is 5.97. The van der Waals surface area contributed by atoms with Gasteiger partial charge in [-0.05, 0) is 31.3 Å². The number of para-hydroxylation sites is 1. The van der Waals surface area contributed by atoms with Crippen LogP contribution in [0.1, 0.15) is 6.92 Å². The Hall–Kier alpha value is -0.840. The molecule has 16 heavy (non-hydrogen) atoms. The number of hydrogen-bond donors (Lipinski definition) is 1. The Morgan fingerprint density at radius 1 is 1.50 bits per heavy atom. The highest BCUT2D eigenvalue weighted by atomic mass is 35.5. The third-order valence-corrected chi connectivity index (χ3v) is 3.03. The fourth-order valence-corrected chi connectivity index (χ4v) is 2.26. The molecule has 86 valence electrons. The number of H-pyrrole nitrogens is 1. The predicted molar refractivity (Wildman–Crippen MR) is 68.6 cm³/mol.